The van der Waals surface area contributed by atoms with Gasteiger partial charge in [-0.05, 0) is 26.0 Å². The van der Waals surface area contributed by atoms with Gasteiger partial charge in [-0.3, -0.25) is 4.79 Å². The number of nitrogens with zero attached hydrogens (tertiary/aromatic N) is 2. The third kappa shape index (κ3) is 2.30. The molecule has 1 aromatic carbocycles. The van der Waals surface area contributed by atoms with Crippen molar-refractivity contribution in [1.82, 2.24) is 4.90 Å². The topological polar surface area (TPSA) is 43.8 Å². The molecule has 1 aliphatic heterocycles. The fourth-order valence-corrected chi connectivity index (χ4v) is 2.40. The van der Waals surface area contributed by atoms with Crippen molar-refractivity contribution in [2.24, 2.45) is 0 Å². The summed E-state index contributed by atoms with van der Waals surface area (Å²) in [5, 5.41) is 9.46. The van der Waals surface area contributed by atoms with Gasteiger partial charge in [0.25, 0.3) is 0 Å². The molecule has 0 bridgehead atoms. The molecule has 1 aromatic rings. The predicted octanol–water partition coefficient (Wildman–Crippen LogP) is 1.24. The van der Waals surface area contributed by atoms with Gasteiger partial charge in [0.15, 0.2) is 0 Å². The first-order valence-corrected chi connectivity index (χ1v) is 6.28. The quantitative estimate of drug-likeness (QED) is 0.876. The second-order valence-corrected chi connectivity index (χ2v) is 5.49. The number of benzene rings is 1. The molecule has 104 valence electrons. The molecule has 0 aromatic heterocycles. The normalized spacial score (nSPS) is 22.8. The van der Waals surface area contributed by atoms with Gasteiger partial charge in [-0.2, -0.15) is 0 Å². The summed E-state index contributed by atoms with van der Waals surface area (Å²) in [5.41, 5.74) is -0.0542. The number of carbonyl (C=O) groups excluding carboxylic acids is 1. The van der Waals surface area contributed by atoms with E-state index in [0.29, 0.717) is 12.2 Å². The van der Waals surface area contributed by atoms with Crippen LogP contribution in [0.25, 0.3) is 0 Å². The van der Waals surface area contributed by atoms with Crippen LogP contribution < -0.4 is 4.90 Å². The Morgan fingerprint density at radius 3 is 2.63 bits per heavy atom. The van der Waals surface area contributed by atoms with Crippen LogP contribution in [-0.2, 0) is 4.79 Å². The number of halogens is 1. The average molecular weight is 266 g/mol. The van der Waals surface area contributed by atoms with E-state index in [2.05, 4.69) is 0 Å². The molecule has 1 aliphatic rings. The summed E-state index contributed by atoms with van der Waals surface area (Å²) in [5.74, 6) is -0.573. The molecule has 0 aliphatic carbocycles. The summed E-state index contributed by atoms with van der Waals surface area (Å²) in [4.78, 5) is 15.5. The second kappa shape index (κ2) is 4.81. The molecule has 0 radical (unpaired) electrons. The number of hydrogen-bond donors (Lipinski definition) is 1. The molecule has 4 nitrogen and oxygen atoms in total. The van der Waals surface area contributed by atoms with E-state index in [4.69, 9.17) is 0 Å². The first kappa shape index (κ1) is 13.8. The minimum absolute atomic E-state index is 0.193. The summed E-state index contributed by atoms with van der Waals surface area (Å²) in [7, 11) is 1.71. The molecule has 1 unspecified atom stereocenters. The third-order valence-corrected chi connectivity index (χ3v) is 3.79. The average Bonchev–Trinajstić information content (AvgIpc) is 2.36. The maximum absolute atomic E-state index is 13.9. The summed E-state index contributed by atoms with van der Waals surface area (Å²) >= 11 is 0. The third-order valence-electron chi connectivity index (χ3n) is 3.79. The van der Waals surface area contributed by atoms with E-state index in [1.807, 2.05) is 13.8 Å². The van der Waals surface area contributed by atoms with Crippen molar-refractivity contribution in [3.63, 3.8) is 0 Å². The van der Waals surface area contributed by atoms with E-state index in [-0.39, 0.29) is 18.3 Å². The Morgan fingerprint density at radius 1 is 1.42 bits per heavy atom. The predicted molar refractivity (Wildman–Crippen MR) is 71.5 cm³/mol. The van der Waals surface area contributed by atoms with E-state index in [0.717, 1.165) is 0 Å². The molecule has 5 heteroatoms. The van der Waals surface area contributed by atoms with Crippen molar-refractivity contribution in [3.8, 4) is 0 Å². The van der Waals surface area contributed by atoms with Crippen LogP contribution in [0.2, 0.25) is 0 Å². The molecule has 1 atom stereocenters. The summed E-state index contributed by atoms with van der Waals surface area (Å²) in [6, 6.07) is 5.60. The molecule has 1 amide bonds. The van der Waals surface area contributed by atoms with Crippen molar-refractivity contribution >= 4 is 11.6 Å². The summed E-state index contributed by atoms with van der Waals surface area (Å²) < 4.78 is 13.9. The van der Waals surface area contributed by atoms with Gasteiger partial charge in [0.2, 0.25) is 5.91 Å². The Hall–Kier alpha value is -1.62. The molecule has 1 N–H and O–H groups in total. The Bertz CT molecular complexity index is 490. The number of aliphatic hydroxyl groups excluding tert-OH is 1. The van der Waals surface area contributed by atoms with Gasteiger partial charge in [0.1, 0.15) is 11.9 Å². The number of anilines is 1. The zero-order valence-electron chi connectivity index (χ0n) is 11.4. The Morgan fingerprint density at radius 2 is 2.05 bits per heavy atom. The number of hydrogen-bond acceptors (Lipinski definition) is 3. The van der Waals surface area contributed by atoms with E-state index in [1.165, 1.54) is 6.07 Å². The lowest BCUT2D eigenvalue weighted by molar-refractivity contribution is -0.139. The molecular formula is C14H19FN2O2. The largest absolute Gasteiger partial charge is 0.394 e. The minimum atomic E-state index is -0.727. The van der Waals surface area contributed by atoms with Crippen molar-refractivity contribution in [2.45, 2.75) is 25.4 Å². The van der Waals surface area contributed by atoms with Crippen LogP contribution in [0.4, 0.5) is 10.1 Å². The Kier molecular flexibility index (Phi) is 3.49. The molecule has 2 rings (SSSR count). The van der Waals surface area contributed by atoms with Crippen LogP contribution in [0, 0.1) is 5.82 Å². The number of likely N-dealkylation sites (N-methyl/N-ethyl adjacent to an activating group) is 1. The minimum Gasteiger partial charge on any atom is -0.394 e. The Balaban J connectivity index is 2.43. The van der Waals surface area contributed by atoms with Crippen molar-refractivity contribution in [2.75, 3.05) is 25.1 Å². The maximum Gasteiger partial charge on any atom is 0.247 e. The van der Waals surface area contributed by atoms with Crippen LogP contribution in [0.3, 0.4) is 0 Å². The van der Waals surface area contributed by atoms with Gasteiger partial charge in [0, 0.05) is 13.6 Å². The summed E-state index contributed by atoms with van der Waals surface area (Å²) in [6.45, 7) is 3.99. The highest BCUT2D eigenvalue weighted by Crippen LogP contribution is 2.30. The Labute approximate surface area is 112 Å². The van der Waals surface area contributed by atoms with Gasteiger partial charge in [-0.15, -0.1) is 0 Å². The van der Waals surface area contributed by atoms with Crippen LogP contribution in [0.5, 0.6) is 0 Å². The van der Waals surface area contributed by atoms with Crippen molar-refractivity contribution < 1.29 is 14.3 Å². The van der Waals surface area contributed by atoms with E-state index in [1.54, 1.807) is 35.0 Å². The number of carbonyl (C=O) groups is 1. The number of amides is 1. The maximum atomic E-state index is 13.9. The highest BCUT2D eigenvalue weighted by molar-refractivity contribution is 5.87. The highest BCUT2D eigenvalue weighted by atomic mass is 19.1. The molecule has 1 fully saturated rings. The standard InChI is InChI=1S/C14H19FN2O2/c1-14(2)9-17(11-7-5-4-6-10(11)15)12(8-18)13(19)16(14)3/h4-7,12,18H,8-9H2,1-3H3. The smallest absolute Gasteiger partial charge is 0.247 e. The number of piperazine rings is 1. The van der Waals surface area contributed by atoms with Crippen molar-refractivity contribution in [3.05, 3.63) is 30.1 Å². The van der Waals surface area contributed by atoms with E-state index >= 15 is 0 Å². The van der Waals surface area contributed by atoms with Gasteiger partial charge in [0.05, 0.1) is 17.8 Å². The molecule has 0 saturated carbocycles. The SMILES string of the molecule is CN1C(=O)C(CO)N(c2ccccc2F)CC1(C)C. The van der Waals surface area contributed by atoms with Crippen molar-refractivity contribution in [1.29, 1.82) is 0 Å². The zero-order valence-corrected chi connectivity index (χ0v) is 11.4. The van der Waals surface area contributed by atoms with Crippen LogP contribution >= 0.6 is 0 Å². The molecular weight excluding hydrogens is 247 g/mol. The van der Waals surface area contributed by atoms with E-state index < -0.39 is 11.6 Å². The fraction of sp³-hybridized carbons (Fsp3) is 0.500. The number of para-hydroxylation sites is 1. The lowest BCUT2D eigenvalue weighted by Crippen LogP contribution is -2.66. The van der Waals surface area contributed by atoms with Crippen LogP contribution in [0.1, 0.15) is 13.8 Å². The van der Waals surface area contributed by atoms with Gasteiger partial charge in [-0.25, -0.2) is 4.39 Å². The van der Waals surface area contributed by atoms with Crippen LogP contribution in [0.15, 0.2) is 24.3 Å². The first-order valence-electron chi connectivity index (χ1n) is 6.28. The van der Waals surface area contributed by atoms with Gasteiger partial charge < -0.3 is 14.9 Å². The number of rotatable bonds is 2. The first-order chi connectivity index (χ1) is 8.88. The lowest BCUT2D eigenvalue weighted by Gasteiger charge is -2.49. The molecule has 1 heterocycles. The highest BCUT2D eigenvalue weighted by Gasteiger charge is 2.43. The fourth-order valence-electron chi connectivity index (χ4n) is 2.40. The van der Waals surface area contributed by atoms with Crippen LogP contribution in [-0.4, -0.2) is 47.7 Å². The summed E-state index contributed by atoms with van der Waals surface area (Å²) in [6.07, 6.45) is 0. The number of aliphatic hydroxyl groups is 1. The van der Waals surface area contributed by atoms with Gasteiger partial charge in [-0.1, -0.05) is 12.1 Å². The van der Waals surface area contributed by atoms with E-state index in [9.17, 15) is 14.3 Å². The molecule has 0 spiro atoms. The van der Waals surface area contributed by atoms with Gasteiger partial charge >= 0.3 is 0 Å². The molecule has 19 heavy (non-hydrogen) atoms. The zero-order chi connectivity index (χ0) is 14.2. The monoisotopic (exact) mass is 266 g/mol. The lowest BCUT2D eigenvalue weighted by atomic mass is 9.95. The molecule has 1 saturated heterocycles. The second-order valence-electron chi connectivity index (χ2n) is 5.49.